The summed E-state index contributed by atoms with van der Waals surface area (Å²) in [6, 6.07) is 0. The van der Waals surface area contributed by atoms with Crippen molar-refractivity contribution in [1.82, 2.24) is 9.21 Å². The van der Waals surface area contributed by atoms with Gasteiger partial charge in [-0.2, -0.15) is 39.1 Å². The summed E-state index contributed by atoms with van der Waals surface area (Å²) >= 11 is 0. The van der Waals surface area contributed by atoms with Crippen molar-refractivity contribution in [3.63, 3.8) is 0 Å². The highest BCUT2D eigenvalue weighted by Gasteiger charge is 2.82. The molecule has 1 atom stereocenters. The summed E-state index contributed by atoms with van der Waals surface area (Å²) in [4.78, 5) is 24.7. The molecule has 0 spiro atoms. The maximum Gasteiger partial charge on any atom is 0.439 e. The van der Waals surface area contributed by atoms with Crippen LogP contribution < -0.4 is 0 Å². The quantitative estimate of drug-likeness (QED) is 0.177. The van der Waals surface area contributed by atoms with Crippen LogP contribution in [0, 0.1) is 5.92 Å². The number of halogens is 6. The number of ether oxygens (including phenoxy) is 1. The topological polar surface area (TPSA) is 138 Å². The van der Waals surface area contributed by atoms with Crippen LogP contribution in [0.4, 0.5) is 26.3 Å². The van der Waals surface area contributed by atoms with E-state index in [1.54, 1.807) is 13.8 Å². The van der Waals surface area contributed by atoms with Crippen molar-refractivity contribution in [3.8, 4) is 0 Å². The molecular weight excluding hydrogens is 526 g/mol. The van der Waals surface area contributed by atoms with E-state index >= 15 is 0 Å². The van der Waals surface area contributed by atoms with E-state index in [9.17, 15) is 52.8 Å². The van der Waals surface area contributed by atoms with E-state index in [0.717, 1.165) is 4.90 Å². The van der Waals surface area contributed by atoms with Crippen molar-refractivity contribution in [3.05, 3.63) is 0 Å². The minimum absolute atomic E-state index is 0.0907. The average Bonchev–Trinajstić information content (AvgIpc) is 2.74. The van der Waals surface area contributed by atoms with Crippen molar-refractivity contribution in [2.45, 2.75) is 49.5 Å². The molecule has 18 heteroatoms. The van der Waals surface area contributed by atoms with Gasteiger partial charge < -0.3 is 9.64 Å². The van der Waals surface area contributed by atoms with Crippen molar-refractivity contribution >= 4 is 32.0 Å². The zero-order valence-corrected chi connectivity index (χ0v) is 19.7. The van der Waals surface area contributed by atoms with Crippen LogP contribution >= 0.6 is 0 Å². The zero-order chi connectivity index (χ0) is 26.8. The molecule has 1 aliphatic rings. The molecular formula is C16H24F6N2O8S2. The van der Waals surface area contributed by atoms with Crippen LogP contribution in [0.2, 0.25) is 0 Å². The summed E-state index contributed by atoms with van der Waals surface area (Å²) in [6.45, 7) is 0.270. The summed E-state index contributed by atoms with van der Waals surface area (Å²) in [5.74, 6) is -8.42. The van der Waals surface area contributed by atoms with E-state index in [-0.39, 0.29) is 29.7 Å². The van der Waals surface area contributed by atoms with Gasteiger partial charge in [-0.3, -0.25) is 14.1 Å². The molecule has 10 nitrogen and oxygen atoms in total. The van der Waals surface area contributed by atoms with Gasteiger partial charge in [-0.15, -0.1) is 0 Å². The largest absolute Gasteiger partial charge is 0.465 e. The molecule has 0 saturated carbocycles. The second-order valence-corrected chi connectivity index (χ2v) is 10.9. The van der Waals surface area contributed by atoms with E-state index < -0.39 is 74.6 Å². The van der Waals surface area contributed by atoms with Gasteiger partial charge in [0.25, 0.3) is 10.0 Å². The lowest BCUT2D eigenvalue weighted by molar-refractivity contribution is -0.247. The number of hydrogen-bond donors (Lipinski definition) is 1. The monoisotopic (exact) mass is 550 g/mol. The first-order valence-corrected chi connectivity index (χ1v) is 12.7. The lowest BCUT2D eigenvalue weighted by Gasteiger charge is -2.38. The third kappa shape index (κ3) is 5.76. The molecule has 1 aliphatic heterocycles. The molecule has 0 radical (unpaired) electrons. The Morgan fingerprint density at radius 3 is 1.91 bits per heavy atom. The third-order valence-corrected chi connectivity index (χ3v) is 7.96. The van der Waals surface area contributed by atoms with Gasteiger partial charge in [-0.25, -0.2) is 8.42 Å². The molecule has 1 unspecified atom stereocenters. The molecule has 1 rings (SSSR count). The standard InChI is InChI=1S/C16H24F6N2O8S2/c1-3-11(2)13(26)32-10-4-5-12(25)23-6-8-24(9-7-23)33(27,28)15(19,20)14(17,18)16(21,22)34(29,30)31/h11H,3-10H2,1-2H3,(H,29,30,31). The Morgan fingerprint density at radius 2 is 1.47 bits per heavy atom. The number of nitrogens with zero attached hydrogens (tertiary/aromatic N) is 2. The Morgan fingerprint density at radius 1 is 0.971 bits per heavy atom. The number of rotatable bonds is 11. The van der Waals surface area contributed by atoms with Crippen molar-refractivity contribution in [1.29, 1.82) is 0 Å². The maximum absolute atomic E-state index is 14.0. The summed E-state index contributed by atoms with van der Waals surface area (Å²) in [6.07, 6.45) is 0.466. The van der Waals surface area contributed by atoms with Gasteiger partial charge in [0.1, 0.15) is 0 Å². The molecule has 0 aromatic rings. The number of esters is 1. The van der Waals surface area contributed by atoms with Gasteiger partial charge >= 0.3 is 32.5 Å². The molecule has 0 bridgehead atoms. The normalized spacial score (nSPS) is 18.0. The number of carbonyl (C=O) groups excluding carboxylic acids is 2. The molecule has 1 heterocycles. The highest BCUT2D eigenvalue weighted by Crippen LogP contribution is 2.51. The zero-order valence-electron chi connectivity index (χ0n) is 18.0. The van der Waals surface area contributed by atoms with Crippen LogP contribution in [0.25, 0.3) is 0 Å². The molecule has 1 N–H and O–H groups in total. The fourth-order valence-electron chi connectivity index (χ4n) is 2.70. The van der Waals surface area contributed by atoms with Gasteiger partial charge in [0.05, 0.1) is 12.5 Å². The Balaban J connectivity index is 2.79. The number of alkyl halides is 6. The second-order valence-electron chi connectivity index (χ2n) is 7.45. The highest BCUT2D eigenvalue weighted by atomic mass is 32.2. The van der Waals surface area contributed by atoms with Gasteiger partial charge in [-0.05, 0) is 12.8 Å². The molecule has 0 aromatic carbocycles. The minimum Gasteiger partial charge on any atom is -0.465 e. The van der Waals surface area contributed by atoms with E-state index in [1.165, 1.54) is 0 Å². The molecule has 1 saturated heterocycles. The van der Waals surface area contributed by atoms with E-state index in [0.29, 0.717) is 6.42 Å². The lowest BCUT2D eigenvalue weighted by Crippen LogP contribution is -2.64. The summed E-state index contributed by atoms with van der Waals surface area (Å²) < 4.78 is 140. The van der Waals surface area contributed by atoms with Crippen LogP contribution in [-0.2, 0) is 34.5 Å². The van der Waals surface area contributed by atoms with Crippen LogP contribution in [-0.4, -0.2) is 91.7 Å². The number of amides is 1. The molecule has 0 aromatic heterocycles. The molecule has 0 aliphatic carbocycles. The number of sulfonamides is 1. The van der Waals surface area contributed by atoms with Crippen molar-refractivity contribution < 1.29 is 62.1 Å². The highest BCUT2D eigenvalue weighted by molar-refractivity contribution is 7.90. The van der Waals surface area contributed by atoms with Gasteiger partial charge in [0.2, 0.25) is 5.91 Å². The second kappa shape index (κ2) is 10.5. The predicted octanol–water partition coefficient (Wildman–Crippen LogP) is 1.54. The lowest BCUT2D eigenvalue weighted by atomic mass is 10.1. The minimum atomic E-state index is -7.11. The number of piperazine rings is 1. The van der Waals surface area contributed by atoms with E-state index in [1.807, 2.05) is 0 Å². The average molecular weight is 550 g/mol. The summed E-state index contributed by atoms with van der Waals surface area (Å²) in [7, 11) is -13.7. The van der Waals surface area contributed by atoms with Crippen LogP contribution in [0.15, 0.2) is 0 Å². The van der Waals surface area contributed by atoms with Gasteiger partial charge in [-0.1, -0.05) is 13.8 Å². The van der Waals surface area contributed by atoms with Crippen molar-refractivity contribution in [2.24, 2.45) is 5.92 Å². The number of hydrogen-bond acceptors (Lipinski definition) is 7. The smallest absolute Gasteiger partial charge is 0.439 e. The maximum atomic E-state index is 14.0. The number of carbonyl (C=O) groups is 2. The SMILES string of the molecule is CCC(C)C(=O)OCCCC(=O)N1CCN(S(=O)(=O)C(F)(F)C(F)(F)C(F)(F)S(=O)(=O)O)CC1. The van der Waals surface area contributed by atoms with E-state index in [4.69, 9.17) is 9.29 Å². The first-order chi connectivity index (χ1) is 15.3. The molecule has 34 heavy (non-hydrogen) atoms. The van der Waals surface area contributed by atoms with Gasteiger partial charge in [0, 0.05) is 32.6 Å². The van der Waals surface area contributed by atoms with E-state index in [2.05, 4.69) is 0 Å². The Bertz CT molecular complexity index is 966. The molecule has 200 valence electrons. The fraction of sp³-hybridized carbons (Fsp3) is 0.875. The fourth-order valence-corrected chi connectivity index (χ4v) is 4.63. The summed E-state index contributed by atoms with van der Waals surface area (Å²) in [5, 5.41) is -13.4. The first-order valence-electron chi connectivity index (χ1n) is 9.80. The van der Waals surface area contributed by atoms with Crippen LogP contribution in [0.1, 0.15) is 33.1 Å². The third-order valence-electron chi connectivity index (χ3n) is 5.10. The Kier molecular flexibility index (Phi) is 9.41. The van der Waals surface area contributed by atoms with Crippen molar-refractivity contribution in [2.75, 3.05) is 32.8 Å². The summed E-state index contributed by atoms with van der Waals surface area (Å²) in [5.41, 5.74) is 0. The predicted molar refractivity (Wildman–Crippen MR) is 103 cm³/mol. The Labute approximate surface area is 192 Å². The molecule has 1 amide bonds. The Hall–Kier alpha value is -1.66. The van der Waals surface area contributed by atoms with Gasteiger partial charge in [0.15, 0.2) is 0 Å². The first kappa shape index (κ1) is 30.4. The molecule has 1 fully saturated rings. The van der Waals surface area contributed by atoms with Crippen LogP contribution in [0.3, 0.4) is 0 Å². The van der Waals surface area contributed by atoms with Crippen LogP contribution in [0.5, 0.6) is 0 Å².